The number of anilines is 1. The van der Waals surface area contributed by atoms with E-state index in [4.69, 9.17) is 4.74 Å². The van der Waals surface area contributed by atoms with Crippen LogP contribution in [0.4, 0.5) is 5.69 Å². The molecule has 2 aromatic carbocycles. The molecule has 0 bridgehead atoms. The normalized spacial score (nSPS) is 9.74. The third kappa shape index (κ3) is 3.67. The molecule has 0 saturated heterocycles. The summed E-state index contributed by atoms with van der Waals surface area (Å²) in [5.41, 5.74) is 1.15. The van der Waals surface area contributed by atoms with Crippen LogP contribution in [0.1, 0.15) is 17.3 Å². The second kappa shape index (κ2) is 5.82. The van der Waals surface area contributed by atoms with Crippen LogP contribution in [0.25, 0.3) is 0 Å². The van der Waals surface area contributed by atoms with Gasteiger partial charge in [0.15, 0.2) is 0 Å². The number of hydrogen-bond acceptors (Lipinski definition) is 3. The Morgan fingerprint density at radius 3 is 2.42 bits per heavy atom. The maximum Gasteiger partial charge on any atom is 0.308 e. The van der Waals surface area contributed by atoms with Crippen molar-refractivity contribution < 1.29 is 14.3 Å². The van der Waals surface area contributed by atoms with Crippen molar-refractivity contribution in [1.82, 2.24) is 0 Å². The fourth-order valence-electron chi connectivity index (χ4n) is 1.59. The van der Waals surface area contributed by atoms with Gasteiger partial charge in [-0.15, -0.1) is 0 Å². The van der Waals surface area contributed by atoms with Gasteiger partial charge in [-0.3, -0.25) is 9.59 Å². The zero-order chi connectivity index (χ0) is 13.7. The van der Waals surface area contributed by atoms with Crippen LogP contribution in [-0.4, -0.2) is 11.9 Å². The van der Waals surface area contributed by atoms with Crippen molar-refractivity contribution in [3.8, 4) is 5.75 Å². The van der Waals surface area contributed by atoms with Gasteiger partial charge in [-0.25, -0.2) is 0 Å². The van der Waals surface area contributed by atoms with Crippen LogP contribution in [0.2, 0.25) is 0 Å². The predicted octanol–water partition coefficient (Wildman–Crippen LogP) is 2.86. The van der Waals surface area contributed by atoms with Crippen molar-refractivity contribution in [3.63, 3.8) is 0 Å². The molecule has 1 N–H and O–H groups in total. The second-order valence-electron chi connectivity index (χ2n) is 3.94. The summed E-state index contributed by atoms with van der Waals surface area (Å²) in [7, 11) is 0. The van der Waals surface area contributed by atoms with Gasteiger partial charge >= 0.3 is 5.97 Å². The molecule has 2 rings (SSSR count). The van der Waals surface area contributed by atoms with Crippen LogP contribution < -0.4 is 10.1 Å². The summed E-state index contributed by atoms with van der Waals surface area (Å²) in [4.78, 5) is 22.9. The lowest BCUT2D eigenvalue weighted by Gasteiger charge is -2.06. The number of rotatable bonds is 3. The average Bonchev–Trinajstić information content (AvgIpc) is 2.39. The van der Waals surface area contributed by atoms with E-state index < -0.39 is 5.97 Å². The molecule has 0 aliphatic rings. The summed E-state index contributed by atoms with van der Waals surface area (Å²) < 4.78 is 4.94. The zero-order valence-electron chi connectivity index (χ0n) is 10.4. The number of hydrogen-bond donors (Lipinski definition) is 1. The van der Waals surface area contributed by atoms with Crippen LogP contribution in [0.3, 0.4) is 0 Å². The van der Waals surface area contributed by atoms with Crippen molar-refractivity contribution in [3.05, 3.63) is 60.2 Å². The minimum absolute atomic E-state index is 0.250. The van der Waals surface area contributed by atoms with Gasteiger partial charge in [0, 0.05) is 18.2 Å². The first-order chi connectivity index (χ1) is 9.15. The van der Waals surface area contributed by atoms with E-state index in [0.717, 1.165) is 0 Å². The van der Waals surface area contributed by atoms with E-state index in [0.29, 0.717) is 17.0 Å². The molecular formula is C15H13NO3. The Morgan fingerprint density at radius 2 is 1.74 bits per heavy atom. The van der Waals surface area contributed by atoms with Gasteiger partial charge in [-0.2, -0.15) is 0 Å². The Balaban J connectivity index is 2.13. The van der Waals surface area contributed by atoms with Crippen LogP contribution in [-0.2, 0) is 4.79 Å². The van der Waals surface area contributed by atoms with Crippen LogP contribution >= 0.6 is 0 Å². The monoisotopic (exact) mass is 255 g/mol. The third-order valence-corrected chi connectivity index (χ3v) is 2.39. The molecule has 2 aromatic rings. The lowest BCUT2D eigenvalue weighted by atomic mass is 10.2. The molecule has 96 valence electrons. The Morgan fingerprint density at radius 1 is 1.00 bits per heavy atom. The molecule has 4 heteroatoms. The fourth-order valence-corrected chi connectivity index (χ4v) is 1.59. The minimum Gasteiger partial charge on any atom is -0.427 e. The molecule has 1 amide bonds. The van der Waals surface area contributed by atoms with Crippen molar-refractivity contribution in [1.29, 1.82) is 0 Å². The lowest BCUT2D eigenvalue weighted by molar-refractivity contribution is -0.131. The Kier molecular flexibility index (Phi) is 3.93. The Hall–Kier alpha value is -2.62. The molecule has 19 heavy (non-hydrogen) atoms. The van der Waals surface area contributed by atoms with Gasteiger partial charge in [0.05, 0.1) is 0 Å². The number of amides is 1. The number of carbonyl (C=O) groups excluding carboxylic acids is 2. The summed E-state index contributed by atoms with van der Waals surface area (Å²) in [6, 6.07) is 15.6. The summed E-state index contributed by atoms with van der Waals surface area (Å²) in [5, 5.41) is 2.76. The maximum atomic E-state index is 12.0. The van der Waals surface area contributed by atoms with E-state index in [1.54, 1.807) is 30.3 Å². The highest BCUT2D eigenvalue weighted by molar-refractivity contribution is 6.04. The SMILES string of the molecule is CC(=O)Oc1cccc(C(=O)Nc2ccccc2)c1. The summed E-state index contributed by atoms with van der Waals surface area (Å²) in [5.74, 6) is -0.311. The molecule has 0 fully saturated rings. The molecular weight excluding hydrogens is 242 g/mol. The third-order valence-electron chi connectivity index (χ3n) is 2.39. The van der Waals surface area contributed by atoms with Gasteiger partial charge in [0.1, 0.15) is 5.75 Å². The molecule has 0 heterocycles. The number of nitrogens with one attached hydrogen (secondary N) is 1. The number of esters is 1. The van der Waals surface area contributed by atoms with E-state index in [1.807, 2.05) is 18.2 Å². The van der Waals surface area contributed by atoms with Crippen molar-refractivity contribution in [2.75, 3.05) is 5.32 Å². The van der Waals surface area contributed by atoms with Crippen LogP contribution in [0.5, 0.6) is 5.75 Å². The molecule has 0 aliphatic heterocycles. The summed E-state index contributed by atoms with van der Waals surface area (Å²) in [6.45, 7) is 1.32. The van der Waals surface area contributed by atoms with Crippen molar-refractivity contribution in [2.45, 2.75) is 6.92 Å². The minimum atomic E-state index is -0.416. The molecule has 0 aromatic heterocycles. The molecule has 0 radical (unpaired) electrons. The molecule has 0 saturated carbocycles. The number of benzene rings is 2. The van der Waals surface area contributed by atoms with Gasteiger partial charge in [-0.1, -0.05) is 24.3 Å². The summed E-state index contributed by atoms with van der Waals surface area (Å²) >= 11 is 0. The maximum absolute atomic E-state index is 12.0. The average molecular weight is 255 g/mol. The quantitative estimate of drug-likeness (QED) is 0.677. The van der Waals surface area contributed by atoms with Gasteiger partial charge in [-0.05, 0) is 30.3 Å². The van der Waals surface area contributed by atoms with Crippen molar-refractivity contribution >= 4 is 17.6 Å². The number of carbonyl (C=O) groups is 2. The zero-order valence-corrected chi connectivity index (χ0v) is 10.4. The molecule has 0 unspecified atom stereocenters. The standard InChI is InChI=1S/C15H13NO3/c1-11(17)19-14-9-5-6-12(10-14)15(18)16-13-7-3-2-4-8-13/h2-10H,1H3,(H,16,18). The molecule has 0 spiro atoms. The first-order valence-electron chi connectivity index (χ1n) is 5.80. The van der Waals surface area contributed by atoms with Gasteiger partial charge < -0.3 is 10.1 Å². The van der Waals surface area contributed by atoms with Crippen molar-refractivity contribution in [2.24, 2.45) is 0 Å². The first-order valence-corrected chi connectivity index (χ1v) is 5.80. The lowest BCUT2D eigenvalue weighted by Crippen LogP contribution is -2.12. The van der Waals surface area contributed by atoms with E-state index in [1.165, 1.54) is 13.0 Å². The highest BCUT2D eigenvalue weighted by Gasteiger charge is 2.07. The molecule has 0 atom stereocenters. The Labute approximate surface area is 111 Å². The van der Waals surface area contributed by atoms with Crippen LogP contribution in [0, 0.1) is 0 Å². The van der Waals surface area contributed by atoms with E-state index in [2.05, 4.69) is 5.32 Å². The summed E-state index contributed by atoms with van der Waals surface area (Å²) in [6.07, 6.45) is 0. The van der Waals surface area contributed by atoms with E-state index >= 15 is 0 Å². The van der Waals surface area contributed by atoms with Crippen LogP contribution in [0.15, 0.2) is 54.6 Å². The topological polar surface area (TPSA) is 55.4 Å². The highest BCUT2D eigenvalue weighted by atomic mass is 16.5. The molecule has 0 aliphatic carbocycles. The first kappa shape index (κ1) is 12.8. The largest absolute Gasteiger partial charge is 0.427 e. The van der Waals surface area contributed by atoms with Gasteiger partial charge in [0.2, 0.25) is 0 Å². The highest BCUT2D eigenvalue weighted by Crippen LogP contribution is 2.15. The second-order valence-corrected chi connectivity index (χ2v) is 3.94. The number of para-hydroxylation sites is 1. The fraction of sp³-hybridized carbons (Fsp3) is 0.0667. The molecule has 4 nitrogen and oxygen atoms in total. The van der Waals surface area contributed by atoms with E-state index in [-0.39, 0.29) is 5.91 Å². The Bertz CT molecular complexity index is 593. The predicted molar refractivity (Wildman–Crippen MR) is 72.1 cm³/mol. The van der Waals surface area contributed by atoms with Gasteiger partial charge in [0.25, 0.3) is 5.91 Å². The number of ether oxygens (including phenoxy) is 1. The smallest absolute Gasteiger partial charge is 0.308 e. The van der Waals surface area contributed by atoms with E-state index in [9.17, 15) is 9.59 Å².